The quantitative estimate of drug-likeness (QED) is 0.254. The molecule has 0 bridgehead atoms. The number of benzene rings is 4. The highest BCUT2D eigenvalue weighted by atomic mass is 16.6. The van der Waals surface area contributed by atoms with Crippen LogP contribution in [-0.4, -0.2) is 25.0 Å². The Morgan fingerprint density at radius 2 is 1.41 bits per heavy atom. The number of esters is 1. The van der Waals surface area contributed by atoms with Crippen LogP contribution in [0.1, 0.15) is 47.8 Å². The summed E-state index contributed by atoms with van der Waals surface area (Å²) in [7, 11) is 0. The van der Waals surface area contributed by atoms with E-state index in [0.717, 1.165) is 46.8 Å². The molecule has 0 saturated heterocycles. The van der Waals surface area contributed by atoms with Crippen LogP contribution in [0.3, 0.4) is 0 Å². The van der Waals surface area contributed by atoms with Gasteiger partial charge in [0.25, 0.3) is 0 Å². The minimum atomic E-state index is -1.25. The molecule has 4 aromatic carbocycles. The summed E-state index contributed by atoms with van der Waals surface area (Å²) in [5.41, 5.74) is 5.46. The fourth-order valence-electron chi connectivity index (χ4n) is 5.49. The molecular formula is C33H33N3O3. The maximum Gasteiger partial charge on any atom is 0.341 e. The van der Waals surface area contributed by atoms with Crippen LogP contribution in [0, 0.1) is 6.92 Å². The van der Waals surface area contributed by atoms with Crippen molar-refractivity contribution in [1.29, 1.82) is 0 Å². The Labute approximate surface area is 229 Å². The fraction of sp³-hybridized carbons (Fsp3) is 0.212. The Kier molecular flexibility index (Phi) is 7.11. The summed E-state index contributed by atoms with van der Waals surface area (Å²) in [5, 5.41) is 2.83. The summed E-state index contributed by atoms with van der Waals surface area (Å²) in [6, 6.07) is 31.5. The molecule has 5 rings (SSSR count). The molecule has 39 heavy (non-hydrogen) atoms. The van der Waals surface area contributed by atoms with Crippen LogP contribution in [0.25, 0.3) is 0 Å². The Morgan fingerprint density at radius 3 is 2.05 bits per heavy atom. The van der Waals surface area contributed by atoms with E-state index in [1.165, 1.54) is 6.92 Å². The molecule has 1 amide bonds. The number of hydrogen-bond acceptors (Lipinski definition) is 5. The van der Waals surface area contributed by atoms with Gasteiger partial charge in [-0.05, 0) is 80.9 Å². The van der Waals surface area contributed by atoms with Crippen molar-refractivity contribution in [3.63, 3.8) is 0 Å². The summed E-state index contributed by atoms with van der Waals surface area (Å²) in [6.45, 7) is 9.64. The SMILES string of the molecule is CCN(CC)c1ccc(C2(N(c3ccccc3)c3ccc(NC(C)=O)cc3)OC(=O)c3ccccc32)c(C)c1. The van der Waals surface area contributed by atoms with Gasteiger partial charge in [0.2, 0.25) is 11.6 Å². The lowest BCUT2D eigenvalue weighted by atomic mass is 9.87. The van der Waals surface area contributed by atoms with E-state index < -0.39 is 5.72 Å². The Hall–Kier alpha value is -4.58. The fourth-order valence-corrected chi connectivity index (χ4v) is 5.49. The third-order valence-electron chi connectivity index (χ3n) is 7.23. The van der Waals surface area contributed by atoms with Crippen LogP contribution in [0.15, 0.2) is 97.1 Å². The number of amides is 1. The van der Waals surface area contributed by atoms with Crippen LogP contribution in [0.5, 0.6) is 0 Å². The van der Waals surface area contributed by atoms with Crippen molar-refractivity contribution in [2.45, 2.75) is 33.4 Å². The monoisotopic (exact) mass is 519 g/mol. The largest absolute Gasteiger partial charge is 0.426 e. The molecule has 0 saturated carbocycles. The highest BCUT2D eigenvalue weighted by Crippen LogP contribution is 2.51. The molecule has 1 N–H and O–H groups in total. The zero-order valence-corrected chi connectivity index (χ0v) is 22.8. The van der Waals surface area contributed by atoms with Gasteiger partial charge >= 0.3 is 5.97 Å². The lowest BCUT2D eigenvalue weighted by molar-refractivity contribution is -0.114. The van der Waals surface area contributed by atoms with Crippen molar-refractivity contribution in [3.05, 3.63) is 119 Å². The van der Waals surface area contributed by atoms with E-state index in [9.17, 15) is 9.59 Å². The number of carbonyl (C=O) groups excluding carboxylic acids is 2. The lowest BCUT2D eigenvalue weighted by Gasteiger charge is -2.43. The molecule has 1 aliphatic rings. The summed E-state index contributed by atoms with van der Waals surface area (Å²) in [4.78, 5) is 29.5. The molecule has 1 aliphatic heterocycles. The first kappa shape index (κ1) is 26.0. The number of anilines is 4. The van der Waals surface area contributed by atoms with Crippen molar-refractivity contribution in [2.24, 2.45) is 0 Å². The first-order valence-electron chi connectivity index (χ1n) is 13.3. The molecule has 0 aliphatic carbocycles. The van der Waals surface area contributed by atoms with E-state index >= 15 is 0 Å². The number of cyclic esters (lactones) is 1. The number of hydrogen-bond donors (Lipinski definition) is 1. The normalized spacial score (nSPS) is 15.8. The average Bonchev–Trinajstić information content (AvgIpc) is 3.23. The van der Waals surface area contributed by atoms with Gasteiger partial charge in [-0.15, -0.1) is 0 Å². The Balaban J connectivity index is 1.79. The number of carbonyl (C=O) groups is 2. The molecule has 6 nitrogen and oxygen atoms in total. The van der Waals surface area contributed by atoms with Gasteiger partial charge in [-0.2, -0.15) is 0 Å². The number of rotatable bonds is 8. The van der Waals surface area contributed by atoms with Gasteiger partial charge < -0.3 is 15.0 Å². The average molecular weight is 520 g/mol. The van der Waals surface area contributed by atoms with Gasteiger partial charge in [-0.3, -0.25) is 9.69 Å². The molecule has 1 unspecified atom stereocenters. The van der Waals surface area contributed by atoms with Gasteiger partial charge in [-0.25, -0.2) is 4.79 Å². The van der Waals surface area contributed by atoms with E-state index in [-0.39, 0.29) is 11.9 Å². The summed E-state index contributed by atoms with van der Waals surface area (Å²) in [6.07, 6.45) is 0. The number of para-hydroxylation sites is 1. The number of fused-ring (bicyclic) bond motifs is 1. The van der Waals surface area contributed by atoms with E-state index in [4.69, 9.17) is 4.74 Å². The Bertz CT molecular complexity index is 1500. The third-order valence-corrected chi connectivity index (χ3v) is 7.23. The first-order valence-corrected chi connectivity index (χ1v) is 13.3. The van der Waals surface area contributed by atoms with Crippen molar-refractivity contribution >= 4 is 34.6 Å². The van der Waals surface area contributed by atoms with Crippen LogP contribution in [0.4, 0.5) is 22.7 Å². The zero-order valence-electron chi connectivity index (χ0n) is 22.8. The summed E-state index contributed by atoms with van der Waals surface area (Å²) < 4.78 is 6.51. The van der Waals surface area contributed by atoms with E-state index in [2.05, 4.69) is 54.1 Å². The lowest BCUT2D eigenvalue weighted by Crippen LogP contribution is -2.45. The first-order chi connectivity index (χ1) is 18.9. The van der Waals surface area contributed by atoms with Crippen molar-refractivity contribution < 1.29 is 14.3 Å². The minimum absolute atomic E-state index is 0.137. The van der Waals surface area contributed by atoms with Crippen molar-refractivity contribution in [2.75, 3.05) is 28.2 Å². The number of nitrogens with zero attached hydrogens (tertiary/aromatic N) is 2. The number of ether oxygens (including phenoxy) is 1. The molecule has 0 spiro atoms. The second-order valence-corrected chi connectivity index (χ2v) is 9.65. The van der Waals surface area contributed by atoms with Crippen molar-refractivity contribution in [3.8, 4) is 0 Å². The highest BCUT2D eigenvalue weighted by Gasteiger charge is 2.53. The smallest absolute Gasteiger partial charge is 0.341 e. The van der Waals surface area contributed by atoms with Gasteiger partial charge in [0.05, 0.1) is 5.56 Å². The summed E-state index contributed by atoms with van der Waals surface area (Å²) >= 11 is 0. The molecule has 0 fully saturated rings. The highest BCUT2D eigenvalue weighted by molar-refractivity contribution is 5.97. The van der Waals surface area contributed by atoms with E-state index in [0.29, 0.717) is 11.3 Å². The van der Waals surface area contributed by atoms with Crippen LogP contribution >= 0.6 is 0 Å². The second-order valence-electron chi connectivity index (χ2n) is 9.65. The van der Waals surface area contributed by atoms with Crippen molar-refractivity contribution in [1.82, 2.24) is 0 Å². The van der Waals surface area contributed by atoms with E-state index in [1.54, 1.807) is 0 Å². The number of aryl methyl sites for hydroxylation is 1. The molecule has 1 heterocycles. The van der Waals surface area contributed by atoms with Gasteiger partial charge in [0.1, 0.15) is 0 Å². The topological polar surface area (TPSA) is 61.9 Å². The summed E-state index contributed by atoms with van der Waals surface area (Å²) in [5.74, 6) is -0.504. The maximum absolute atomic E-state index is 13.5. The minimum Gasteiger partial charge on any atom is -0.426 e. The maximum atomic E-state index is 13.5. The molecule has 198 valence electrons. The van der Waals surface area contributed by atoms with E-state index in [1.807, 2.05) is 78.9 Å². The number of nitrogens with one attached hydrogen (secondary N) is 1. The molecule has 0 aromatic heterocycles. The van der Waals surface area contributed by atoms with Gasteiger partial charge in [-0.1, -0.05) is 42.5 Å². The Morgan fingerprint density at radius 1 is 0.795 bits per heavy atom. The van der Waals surface area contributed by atoms with Crippen LogP contribution in [0.2, 0.25) is 0 Å². The predicted octanol–water partition coefficient (Wildman–Crippen LogP) is 7.01. The molecule has 0 radical (unpaired) electrons. The standard InChI is InChI=1S/C33H33N3O3/c1-5-35(6-2)28-20-21-30(23(3)22-28)33(31-15-11-10-14-29(31)32(38)39-33)36(26-12-8-7-9-13-26)27-18-16-25(17-19-27)34-24(4)37/h7-22H,5-6H2,1-4H3,(H,34,37). The third kappa shape index (κ3) is 4.63. The molecule has 1 atom stereocenters. The van der Waals surface area contributed by atoms with Crippen LogP contribution in [-0.2, 0) is 15.3 Å². The predicted molar refractivity (Wildman–Crippen MR) is 157 cm³/mol. The molecule has 6 heteroatoms. The zero-order chi connectivity index (χ0) is 27.6. The van der Waals surface area contributed by atoms with Crippen LogP contribution < -0.4 is 15.1 Å². The molecule has 4 aromatic rings. The molecular weight excluding hydrogens is 486 g/mol. The second kappa shape index (κ2) is 10.7. The van der Waals surface area contributed by atoms with Gasteiger partial charge in [0, 0.05) is 53.9 Å². The van der Waals surface area contributed by atoms with Gasteiger partial charge in [0.15, 0.2) is 0 Å².